The van der Waals surface area contributed by atoms with Crippen LogP contribution in [0.3, 0.4) is 0 Å². The highest BCUT2D eigenvalue weighted by Gasteiger charge is 2.20. The first kappa shape index (κ1) is 22.1. The molecule has 7 nitrogen and oxygen atoms in total. The topological polar surface area (TPSA) is 75.1 Å². The number of nitrogens with zero attached hydrogens (tertiary/aromatic N) is 4. The van der Waals surface area contributed by atoms with Crippen molar-refractivity contribution in [1.29, 1.82) is 0 Å². The van der Waals surface area contributed by atoms with Crippen LogP contribution in [0.15, 0.2) is 41.8 Å². The van der Waals surface area contributed by atoms with E-state index in [1.807, 2.05) is 24.3 Å². The minimum atomic E-state index is -0.0899. The Bertz CT molecular complexity index is 1210. The molecule has 1 saturated heterocycles. The number of hydrogen-bond donors (Lipinski definition) is 2. The summed E-state index contributed by atoms with van der Waals surface area (Å²) in [6.07, 6.45) is 5.20. The molecule has 3 heterocycles. The molecule has 0 amide bonds. The van der Waals surface area contributed by atoms with Gasteiger partial charge in [-0.3, -0.25) is 4.79 Å². The van der Waals surface area contributed by atoms with Gasteiger partial charge in [0.15, 0.2) is 5.82 Å². The van der Waals surface area contributed by atoms with Crippen LogP contribution in [0.2, 0.25) is 5.02 Å². The second kappa shape index (κ2) is 9.20. The summed E-state index contributed by atoms with van der Waals surface area (Å²) in [6.45, 7) is 8.11. The molecule has 0 unspecified atom stereocenters. The van der Waals surface area contributed by atoms with Crippen molar-refractivity contribution in [1.82, 2.24) is 19.9 Å². The Morgan fingerprint density at radius 3 is 2.72 bits per heavy atom. The summed E-state index contributed by atoms with van der Waals surface area (Å²) in [6, 6.07) is 7.66. The van der Waals surface area contributed by atoms with Crippen molar-refractivity contribution in [2.75, 3.05) is 30.4 Å². The van der Waals surface area contributed by atoms with Crippen LogP contribution in [-0.4, -0.2) is 34.7 Å². The number of rotatable bonds is 6. The van der Waals surface area contributed by atoms with Gasteiger partial charge in [0.2, 0.25) is 5.95 Å². The normalized spacial score (nSPS) is 14.6. The van der Waals surface area contributed by atoms with Gasteiger partial charge in [-0.2, -0.15) is 4.98 Å². The fourth-order valence-corrected chi connectivity index (χ4v) is 4.33. The maximum absolute atomic E-state index is 12.6. The first-order valence-electron chi connectivity index (χ1n) is 11.0. The highest BCUT2D eigenvalue weighted by Crippen LogP contribution is 2.29. The highest BCUT2D eigenvalue weighted by molar-refractivity contribution is 6.32. The quantitative estimate of drug-likeness (QED) is 0.571. The van der Waals surface area contributed by atoms with Gasteiger partial charge >= 0.3 is 0 Å². The molecule has 8 heteroatoms. The van der Waals surface area contributed by atoms with E-state index < -0.39 is 0 Å². The first-order chi connectivity index (χ1) is 15.4. The summed E-state index contributed by atoms with van der Waals surface area (Å²) < 4.78 is 1.63. The maximum Gasteiger partial charge on any atom is 0.260 e. The number of fused-ring (bicyclic) bond motifs is 1. The second-order valence-electron chi connectivity index (χ2n) is 8.25. The molecule has 0 radical (unpaired) electrons. The minimum absolute atomic E-state index is 0.0899. The molecule has 3 aromatic rings. The maximum atomic E-state index is 12.6. The molecule has 0 bridgehead atoms. The second-order valence-corrected chi connectivity index (χ2v) is 8.66. The summed E-state index contributed by atoms with van der Waals surface area (Å²) >= 11 is 6.41. The van der Waals surface area contributed by atoms with Crippen molar-refractivity contribution < 1.29 is 0 Å². The molecule has 1 aliphatic heterocycles. The van der Waals surface area contributed by atoms with Crippen LogP contribution in [0, 0.1) is 5.92 Å². The Hall–Kier alpha value is -3.06. The van der Waals surface area contributed by atoms with Gasteiger partial charge in [0, 0.05) is 44.0 Å². The molecule has 4 rings (SSSR count). The lowest BCUT2D eigenvalue weighted by Gasteiger charge is -2.31. The molecular weight excluding hydrogens is 424 g/mol. The van der Waals surface area contributed by atoms with E-state index in [0.29, 0.717) is 28.0 Å². The zero-order valence-corrected chi connectivity index (χ0v) is 19.5. The van der Waals surface area contributed by atoms with Crippen molar-refractivity contribution in [2.24, 2.45) is 13.0 Å². The fraction of sp³-hybridized carbons (Fsp3) is 0.375. The third-order valence-corrected chi connectivity index (χ3v) is 6.60. The molecule has 0 spiro atoms. The van der Waals surface area contributed by atoms with E-state index >= 15 is 0 Å². The first-order valence-corrected chi connectivity index (χ1v) is 11.3. The number of halogens is 1. The molecule has 1 aliphatic rings. The van der Waals surface area contributed by atoms with Crippen LogP contribution in [0.4, 0.5) is 17.5 Å². The molecule has 2 aromatic heterocycles. The largest absolute Gasteiger partial charge is 0.388 e. The number of nitrogens with one attached hydrogen (secondary N) is 2. The Labute approximate surface area is 193 Å². The smallest absolute Gasteiger partial charge is 0.260 e. The van der Waals surface area contributed by atoms with Gasteiger partial charge in [0.05, 0.1) is 17.3 Å². The number of hydrogen-bond acceptors (Lipinski definition) is 6. The number of aromatic nitrogens is 3. The third-order valence-electron chi connectivity index (χ3n) is 6.32. The number of pyridine rings is 1. The van der Waals surface area contributed by atoms with E-state index in [-0.39, 0.29) is 5.56 Å². The summed E-state index contributed by atoms with van der Waals surface area (Å²) in [5.74, 6) is 2.05. The molecule has 0 atom stereocenters. The molecule has 0 aliphatic carbocycles. The minimum Gasteiger partial charge on any atom is -0.388 e. The Morgan fingerprint density at radius 1 is 1.28 bits per heavy atom. The zero-order chi connectivity index (χ0) is 22.8. The summed E-state index contributed by atoms with van der Waals surface area (Å²) in [4.78, 5) is 24.0. The van der Waals surface area contributed by atoms with E-state index in [4.69, 9.17) is 16.6 Å². The summed E-state index contributed by atoms with van der Waals surface area (Å²) in [7, 11) is 3.52. The van der Waals surface area contributed by atoms with E-state index in [1.165, 1.54) is 6.42 Å². The van der Waals surface area contributed by atoms with E-state index in [0.717, 1.165) is 48.4 Å². The van der Waals surface area contributed by atoms with Crippen molar-refractivity contribution in [3.05, 3.63) is 58.0 Å². The SMILES string of the molecule is C=C(NC)c1cc2cc(Nc3nc(N4CCC(CC)CC4)ncc3Cl)ccc2n(C)c1=O. The highest BCUT2D eigenvalue weighted by atomic mass is 35.5. The van der Waals surface area contributed by atoms with Gasteiger partial charge in [-0.25, -0.2) is 4.98 Å². The summed E-state index contributed by atoms with van der Waals surface area (Å²) in [5.41, 5.74) is 2.70. The van der Waals surface area contributed by atoms with Crippen LogP contribution in [-0.2, 0) is 7.05 Å². The van der Waals surface area contributed by atoms with E-state index in [9.17, 15) is 4.79 Å². The van der Waals surface area contributed by atoms with Gasteiger partial charge in [0.1, 0.15) is 5.02 Å². The lowest BCUT2D eigenvalue weighted by Crippen LogP contribution is -2.34. The van der Waals surface area contributed by atoms with Gasteiger partial charge < -0.3 is 20.1 Å². The van der Waals surface area contributed by atoms with Crippen molar-refractivity contribution >= 4 is 45.7 Å². The molecule has 168 valence electrons. The lowest BCUT2D eigenvalue weighted by atomic mass is 9.95. The number of anilines is 3. The lowest BCUT2D eigenvalue weighted by molar-refractivity contribution is 0.392. The Morgan fingerprint density at radius 2 is 2.03 bits per heavy atom. The van der Waals surface area contributed by atoms with Crippen LogP contribution in [0.1, 0.15) is 31.7 Å². The average Bonchev–Trinajstić information content (AvgIpc) is 2.82. The Kier molecular flexibility index (Phi) is 6.37. The van der Waals surface area contributed by atoms with E-state index in [2.05, 4.69) is 34.0 Å². The standard InChI is InChI=1S/C24H29ClN6O/c1-5-16-8-10-31(11-9-16)24-27-14-20(25)22(29-24)28-18-6-7-21-17(12-18)13-19(15(2)26-3)23(32)30(21)4/h6-7,12-14,16,26H,2,5,8-11H2,1,3-4H3,(H,27,28,29). The van der Waals surface area contributed by atoms with Crippen molar-refractivity contribution in [3.8, 4) is 0 Å². The summed E-state index contributed by atoms with van der Waals surface area (Å²) in [5, 5.41) is 7.66. The van der Waals surface area contributed by atoms with Gasteiger partial charge in [-0.05, 0) is 43.0 Å². The molecular formula is C24H29ClN6O. The van der Waals surface area contributed by atoms with Crippen molar-refractivity contribution in [2.45, 2.75) is 26.2 Å². The fourth-order valence-electron chi connectivity index (χ4n) is 4.19. The number of aryl methyl sites for hydroxylation is 1. The molecule has 1 aromatic carbocycles. The van der Waals surface area contributed by atoms with Gasteiger partial charge in [-0.15, -0.1) is 0 Å². The number of benzene rings is 1. The van der Waals surface area contributed by atoms with Crippen LogP contribution in [0.25, 0.3) is 16.6 Å². The molecule has 2 N–H and O–H groups in total. The predicted molar refractivity (Wildman–Crippen MR) is 133 cm³/mol. The van der Waals surface area contributed by atoms with Gasteiger partial charge in [-0.1, -0.05) is 31.5 Å². The van der Waals surface area contributed by atoms with E-state index in [1.54, 1.807) is 24.9 Å². The zero-order valence-electron chi connectivity index (χ0n) is 18.8. The van der Waals surface area contributed by atoms with Crippen LogP contribution < -0.4 is 21.1 Å². The molecule has 32 heavy (non-hydrogen) atoms. The average molecular weight is 453 g/mol. The number of piperidine rings is 1. The predicted octanol–water partition coefficient (Wildman–Crippen LogP) is 4.54. The monoisotopic (exact) mass is 452 g/mol. The van der Waals surface area contributed by atoms with Crippen LogP contribution in [0.5, 0.6) is 0 Å². The van der Waals surface area contributed by atoms with Gasteiger partial charge in [0.25, 0.3) is 5.56 Å². The third kappa shape index (κ3) is 4.30. The Balaban J connectivity index is 1.64. The van der Waals surface area contributed by atoms with Crippen LogP contribution >= 0.6 is 11.6 Å². The van der Waals surface area contributed by atoms with Crippen molar-refractivity contribution in [3.63, 3.8) is 0 Å². The molecule has 0 saturated carbocycles. The molecule has 1 fully saturated rings.